The van der Waals surface area contributed by atoms with Gasteiger partial charge in [-0.05, 0) is 44.4 Å². The summed E-state index contributed by atoms with van der Waals surface area (Å²) in [6.07, 6.45) is 8.02. The molecule has 1 fully saturated rings. The molecule has 0 radical (unpaired) electrons. The Kier molecular flexibility index (Phi) is 4.84. The van der Waals surface area contributed by atoms with Gasteiger partial charge in [0.05, 0.1) is 0 Å². The lowest BCUT2D eigenvalue weighted by Gasteiger charge is -2.35. The molecule has 0 spiro atoms. The minimum absolute atomic E-state index is 0.507. The molecule has 1 aliphatic carbocycles. The molecule has 4 heteroatoms. The summed E-state index contributed by atoms with van der Waals surface area (Å²) in [5.41, 5.74) is 1.63. The second-order valence-electron chi connectivity index (χ2n) is 6.73. The number of rotatable bonds is 5. The summed E-state index contributed by atoms with van der Waals surface area (Å²) < 4.78 is 0. The van der Waals surface area contributed by atoms with Crippen LogP contribution in [0.1, 0.15) is 58.4 Å². The van der Waals surface area contributed by atoms with Crippen molar-refractivity contribution in [2.75, 3.05) is 17.2 Å². The molecule has 2 rings (SSSR count). The van der Waals surface area contributed by atoms with E-state index in [9.17, 15) is 0 Å². The highest BCUT2D eigenvalue weighted by atomic mass is 15.1. The van der Waals surface area contributed by atoms with Gasteiger partial charge in [-0.3, -0.25) is 0 Å². The molecule has 4 nitrogen and oxygen atoms in total. The Labute approximate surface area is 122 Å². The molecule has 0 saturated heterocycles. The van der Waals surface area contributed by atoms with E-state index in [4.69, 9.17) is 0 Å². The average Bonchev–Trinajstić information content (AvgIpc) is 2.42. The number of aromatic nitrogens is 2. The van der Waals surface area contributed by atoms with Crippen molar-refractivity contribution in [2.45, 2.75) is 65.8 Å². The first kappa shape index (κ1) is 15.1. The average molecular weight is 276 g/mol. The maximum Gasteiger partial charge on any atom is 0.224 e. The van der Waals surface area contributed by atoms with Gasteiger partial charge in [-0.15, -0.1) is 0 Å². The number of anilines is 2. The predicted octanol–water partition coefficient (Wildman–Crippen LogP) is 3.99. The maximum absolute atomic E-state index is 4.61. The second-order valence-corrected chi connectivity index (χ2v) is 6.73. The van der Waals surface area contributed by atoms with Crippen molar-refractivity contribution in [2.24, 2.45) is 5.41 Å². The number of hydrogen-bond acceptors (Lipinski definition) is 4. The molecule has 1 saturated carbocycles. The van der Waals surface area contributed by atoms with Gasteiger partial charge in [0.25, 0.3) is 0 Å². The van der Waals surface area contributed by atoms with Gasteiger partial charge < -0.3 is 10.6 Å². The quantitative estimate of drug-likeness (QED) is 0.854. The van der Waals surface area contributed by atoms with Gasteiger partial charge in [-0.2, -0.15) is 4.98 Å². The first-order chi connectivity index (χ1) is 9.50. The summed E-state index contributed by atoms with van der Waals surface area (Å²) in [6.45, 7) is 9.86. The molecular formula is C16H28N4. The molecule has 20 heavy (non-hydrogen) atoms. The molecule has 0 amide bonds. The van der Waals surface area contributed by atoms with Crippen LogP contribution in [0.5, 0.6) is 0 Å². The molecule has 2 N–H and O–H groups in total. The van der Waals surface area contributed by atoms with Crippen molar-refractivity contribution >= 4 is 11.8 Å². The van der Waals surface area contributed by atoms with Gasteiger partial charge in [0.1, 0.15) is 5.82 Å². The van der Waals surface area contributed by atoms with Gasteiger partial charge in [-0.1, -0.05) is 20.8 Å². The lowest BCUT2D eigenvalue weighted by Crippen LogP contribution is -2.30. The van der Waals surface area contributed by atoms with Crippen molar-refractivity contribution in [3.8, 4) is 0 Å². The molecule has 1 aliphatic rings. The minimum Gasteiger partial charge on any atom is -0.367 e. The van der Waals surface area contributed by atoms with Crippen LogP contribution in [-0.2, 0) is 0 Å². The first-order valence-corrected chi connectivity index (χ1v) is 7.84. The third kappa shape index (κ3) is 4.09. The van der Waals surface area contributed by atoms with Gasteiger partial charge in [0, 0.05) is 24.3 Å². The molecule has 0 unspecified atom stereocenters. The third-order valence-electron chi connectivity index (χ3n) is 4.18. The SMILES string of the molecule is CCCNc1ncc(C)c(NC2CCC(C)(C)CC2)n1. The summed E-state index contributed by atoms with van der Waals surface area (Å²) in [7, 11) is 0. The summed E-state index contributed by atoms with van der Waals surface area (Å²) >= 11 is 0. The lowest BCUT2D eigenvalue weighted by molar-refractivity contribution is 0.232. The molecule has 0 atom stereocenters. The highest BCUT2D eigenvalue weighted by Gasteiger charge is 2.27. The molecule has 1 aromatic rings. The van der Waals surface area contributed by atoms with Crippen LogP contribution in [-0.4, -0.2) is 22.6 Å². The monoisotopic (exact) mass is 276 g/mol. The fourth-order valence-electron chi connectivity index (χ4n) is 2.65. The number of aryl methyl sites for hydroxylation is 1. The van der Waals surface area contributed by atoms with E-state index in [0.29, 0.717) is 11.5 Å². The third-order valence-corrected chi connectivity index (χ3v) is 4.18. The Morgan fingerprint density at radius 1 is 1.30 bits per heavy atom. The molecular weight excluding hydrogens is 248 g/mol. The Bertz CT molecular complexity index is 432. The van der Waals surface area contributed by atoms with Crippen LogP contribution in [0.3, 0.4) is 0 Å². The molecule has 0 aromatic carbocycles. The Morgan fingerprint density at radius 3 is 2.65 bits per heavy atom. The van der Waals surface area contributed by atoms with Gasteiger partial charge in [0.15, 0.2) is 0 Å². The molecule has 112 valence electrons. The van der Waals surface area contributed by atoms with E-state index >= 15 is 0 Å². The van der Waals surface area contributed by atoms with Crippen LogP contribution >= 0.6 is 0 Å². The highest BCUT2D eigenvalue weighted by Crippen LogP contribution is 2.36. The molecule has 1 heterocycles. The van der Waals surface area contributed by atoms with Gasteiger partial charge in [-0.25, -0.2) is 4.98 Å². The van der Waals surface area contributed by atoms with Crippen LogP contribution in [0.15, 0.2) is 6.20 Å². The Balaban J connectivity index is 1.98. The second kappa shape index (κ2) is 6.42. The van der Waals surface area contributed by atoms with Crippen LogP contribution in [0, 0.1) is 12.3 Å². The van der Waals surface area contributed by atoms with Crippen LogP contribution in [0.4, 0.5) is 11.8 Å². The van der Waals surface area contributed by atoms with E-state index in [0.717, 1.165) is 30.3 Å². The summed E-state index contributed by atoms with van der Waals surface area (Å²) in [5, 5.41) is 6.86. The summed E-state index contributed by atoms with van der Waals surface area (Å²) in [6, 6.07) is 0.552. The van der Waals surface area contributed by atoms with Crippen molar-refractivity contribution in [1.82, 2.24) is 9.97 Å². The maximum atomic E-state index is 4.61. The fourth-order valence-corrected chi connectivity index (χ4v) is 2.65. The molecule has 0 bridgehead atoms. The van der Waals surface area contributed by atoms with E-state index in [1.54, 1.807) is 0 Å². The standard InChI is InChI=1S/C16H28N4/c1-5-10-17-15-18-11-12(2)14(20-15)19-13-6-8-16(3,4)9-7-13/h11,13H,5-10H2,1-4H3,(H2,17,18,19,20). The topological polar surface area (TPSA) is 49.8 Å². The predicted molar refractivity (Wildman–Crippen MR) is 85.2 cm³/mol. The van der Waals surface area contributed by atoms with E-state index in [-0.39, 0.29) is 0 Å². The zero-order valence-electron chi connectivity index (χ0n) is 13.3. The number of nitrogens with one attached hydrogen (secondary N) is 2. The Hall–Kier alpha value is -1.32. The van der Waals surface area contributed by atoms with Crippen LogP contribution in [0.25, 0.3) is 0 Å². The zero-order chi connectivity index (χ0) is 14.6. The van der Waals surface area contributed by atoms with Crippen molar-refractivity contribution in [3.63, 3.8) is 0 Å². The van der Waals surface area contributed by atoms with E-state index < -0.39 is 0 Å². The van der Waals surface area contributed by atoms with Crippen LogP contribution in [0.2, 0.25) is 0 Å². The molecule has 0 aliphatic heterocycles. The van der Waals surface area contributed by atoms with Crippen molar-refractivity contribution in [1.29, 1.82) is 0 Å². The zero-order valence-corrected chi connectivity index (χ0v) is 13.3. The largest absolute Gasteiger partial charge is 0.367 e. The first-order valence-electron chi connectivity index (χ1n) is 7.84. The highest BCUT2D eigenvalue weighted by molar-refractivity contribution is 5.47. The number of nitrogens with zero attached hydrogens (tertiary/aromatic N) is 2. The minimum atomic E-state index is 0.507. The summed E-state index contributed by atoms with van der Waals surface area (Å²) in [5.74, 6) is 1.72. The fraction of sp³-hybridized carbons (Fsp3) is 0.750. The van der Waals surface area contributed by atoms with Crippen LogP contribution < -0.4 is 10.6 Å². The van der Waals surface area contributed by atoms with Gasteiger partial charge in [0.2, 0.25) is 5.95 Å². The normalized spacial score (nSPS) is 18.8. The van der Waals surface area contributed by atoms with E-state index in [1.807, 2.05) is 6.20 Å². The van der Waals surface area contributed by atoms with Gasteiger partial charge >= 0.3 is 0 Å². The summed E-state index contributed by atoms with van der Waals surface area (Å²) in [4.78, 5) is 8.94. The van der Waals surface area contributed by atoms with E-state index in [2.05, 4.69) is 48.3 Å². The van der Waals surface area contributed by atoms with Crippen molar-refractivity contribution < 1.29 is 0 Å². The van der Waals surface area contributed by atoms with E-state index in [1.165, 1.54) is 25.7 Å². The lowest BCUT2D eigenvalue weighted by atomic mass is 9.75. The Morgan fingerprint density at radius 2 is 2.00 bits per heavy atom. The molecule has 1 aromatic heterocycles. The van der Waals surface area contributed by atoms with Crippen molar-refractivity contribution in [3.05, 3.63) is 11.8 Å². The smallest absolute Gasteiger partial charge is 0.224 e. The number of hydrogen-bond donors (Lipinski definition) is 2.